The van der Waals surface area contributed by atoms with Gasteiger partial charge in [-0.05, 0) is 59.2 Å². The highest BCUT2D eigenvalue weighted by molar-refractivity contribution is 6.42. The molecule has 0 radical (unpaired) electrons. The van der Waals surface area contributed by atoms with Crippen molar-refractivity contribution < 1.29 is 4.74 Å². The first-order valence-corrected chi connectivity index (χ1v) is 9.23. The number of nitriles is 1. The minimum absolute atomic E-state index is 0.412. The average Bonchev–Trinajstić information content (AvgIpc) is 2.68. The molecule has 3 aromatic carbocycles. The van der Waals surface area contributed by atoms with Crippen LogP contribution in [0.3, 0.4) is 0 Å². The normalized spacial score (nSPS) is 11.1. The third-order valence-corrected chi connectivity index (χ3v) is 4.83. The van der Waals surface area contributed by atoms with Crippen molar-refractivity contribution in [2.75, 3.05) is 0 Å². The Hall–Kier alpha value is -2.44. The van der Waals surface area contributed by atoms with Crippen molar-refractivity contribution in [1.29, 1.82) is 5.26 Å². The van der Waals surface area contributed by atoms with Gasteiger partial charge in [-0.3, -0.25) is 0 Å². The maximum Gasteiger partial charge on any atom is 0.120 e. The van der Waals surface area contributed by atoms with Crippen LogP contribution in [0.2, 0.25) is 15.1 Å². The fourth-order valence-corrected chi connectivity index (χ4v) is 2.88. The third-order valence-electron chi connectivity index (χ3n) is 3.84. The molecule has 0 aromatic heterocycles. The van der Waals surface area contributed by atoms with Crippen LogP contribution in [-0.4, -0.2) is 0 Å². The van der Waals surface area contributed by atoms with E-state index in [1.165, 1.54) is 0 Å². The molecule has 0 atom stereocenters. The summed E-state index contributed by atoms with van der Waals surface area (Å²) in [6, 6.07) is 22.4. The summed E-state index contributed by atoms with van der Waals surface area (Å²) >= 11 is 17.9. The highest BCUT2D eigenvalue weighted by atomic mass is 35.5. The summed E-state index contributed by atoms with van der Waals surface area (Å²) in [6.45, 7) is 0.433. The maximum atomic E-state index is 9.51. The van der Waals surface area contributed by atoms with Crippen molar-refractivity contribution in [3.63, 3.8) is 0 Å². The fourth-order valence-electron chi connectivity index (χ4n) is 2.45. The van der Waals surface area contributed by atoms with E-state index in [0.29, 0.717) is 38.6 Å². The molecule has 134 valence electrons. The van der Waals surface area contributed by atoms with Gasteiger partial charge in [0.1, 0.15) is 12.4 Å². The zero-order chi connectivity index (χ0) is 19.2. The van der Waals surface area contributed by atoms with Gasteiger partial charge in [0, 0.05) is 5.02 Å². The van der Waals surface area contributed by atoms with E-state index in [2.05, 4.69) is 6.07 Å². The minimum Gasteiger partial charge on any atom is -0.489 e. The first-order chi connectivity index (χ1) is 13.0. The lowest BCUT2D eigenvalue weighted by Gasteiger charge is -2.08. The summed E-state index contributed by atoms with van der Waals surface area (Å²) < 4.78 is 5.83. The zero-order valence-electron chi connectivity index (χ0n) is 14.1. The highest BCUT2D eigenvalue weighted by Crippen LogP contribution is 2.27. The van der Waals surface area contributed by atoms with Gasteiger partial charge in [0.2, 0.25) is 0 Å². The van der Waals surface area contributed by atoms with E-state index in [-0.39, 0.29) is 0 Å². The molecule has 0 bridgehead atoms. The van der Waals surface area contributed by atoms with Crippen molar-refractivity contribution in [3.05, 3.63) is 98.5 Å². The number of halogens is 3. The second-order valence-electron chi connectivity index (χ2n) is 5.79. The Labute approximate surface area is 173 Å². The number of hydrogen-bond donors (Lipinski definition) is 0. The zero-order valence-corrected chi connectivity index (χ0v) is 16.4. The molecule has 5 heteroatoms. The van der Waals surface area contributed by atoms with Gasteiger partial charge in [-0.15, -0.1) is 0 Å². The van der Waals surface area contributed by atoms with Crippen LogP contribution in [0.1, 0.15) is 16.7 Å². The van der Waals surface area contributed by atoms with Crippen LogP contribution in [-0.2, 0) is 6.61 Å². The van der Waals surface area contributed by atoms with Crippen molar-refractivity contribution >= 4 is 46.5 Å². The minimum atomic E-state index is 0.412. The number of ether oxygens (including phenoxy) is 1. The largest absolute Gasteiger partial charge is 0.489 e. The Morgan fingerprint density at radius 1 is 0.926 bits per heavy atom. The Morgan fingerprint density at radius 3 is 2.41 bits per heavy atom. The van der Waals surface area contributed by atoms with E-state index in [9.17, 15) is 5.26 Å². The molecule has 0 heterocycles. The number of rotatable bonds is 5. The summed E-state index contributed by atoms with van der Waals surface area (Å²) in [4.78, 5) is 0. The molecule has 0 aliphatic heterocycles. The molecule has 0 spiro atoms. The van der Waals surface area contributed by atoms with Gasteiger partial charge < -0.3 is 4.74 Å². The summed E-state index contributed by atoms with van der Waals surface area (Å²) in [5, 5.41) is 11.1. The quantitative estimate of drug-likeness (QED) is 0.324. The maximum absolute atomic E-state index is 9.51. The first kappa shape index (κ1) is 19.3. The van der Waals surface area contributed by atoms with E-state index in [1.54, 1.807) is 24.3 Å². The molecular formula is C22H14Cl3NO. The van der Waals surface area contributed by atoms with Crippen molar-refractivity contribution in [1.82, 2.24) is 0 Å². The number of hydrogen-bond acceptors (Lipinski definition) is 2. The van der Waals surface area contributed by atoms with Crippen LogP contribution in [0.25, 0.3) is 11.6 Å². The SMILES string of the molecule is N#C/C(=C/c1cccc(OCc2ccc(Cl)cc2)c1)c1ccc(Cl)c(Cl)c1. The highest BCUT2D eigenvalue weighted by Gasteiger charge is 2.05. The fraction of sp³-hybridized carbons (Fsp3) is 0.0455. The summed E-state index contributed by atoms with van der Waals surface area (Å²) in [5.41, 5.74) is 3.07. The Morgan fingerprint density at radius 2 is 1.70 bits per heavy atom. The molecule has 0 unspecified atom stereocenters. The van der Waals surface area contributed by atoms with Crippen LogP contribution in [0.5, 0.6) is 5.75 Å². The molecule has 0 N–H and O–H groups in total. The van der Waals surface area contributed by atoms with E-state index in [4.69, 9.17) is 39.5 Å². The van der Waals surface area contributed by atoms with Crippen LogP contribution in [0.4, 0.5) is 0 Å². The van der Waals surface area contributed by atoms with E-state index >= 15 is 0 Å². The van der Waals surface area contributed by atoms with Gasteiger partial charge in [-0.1, -0.05) is 65.1 Å². The van der Waals surface area contributed by atoms with Crippen LogP contribution in [0, 0.1) is 11.3 Å². The lowest BCUT2D eigenvalue weighted by Crippen LogP contribution is -1.95. The molecule has 0 aliphatic rings. The second-order valence-corrected chi connectivity index (χ2v) is 7.04. The summed E-state index contributed by atoms with van der Waals surface area (Å²) in [7, 11) is 0. The van der Waals surface area contributed by atoms with E-state index in [1.807, 2.05) is 48.5 Å². The molecule has 0 amide bonds. The predicted octanol–water partition coefficient (Wildman–Crippen LogP) is 7.29. The lowest BCUT2D eigenvalue weighted by atomic mass is 10.0. The Bertz CT molecular complexity index is 1020. The first-order valence-electron chi connectivity index (χ1n) is 8.10. The number of nitrogens with zero attached hydrogens (tertiary/aromatic N) is 1. The third kappa shape index (κ3) is 5.28. The van der Waals surface area contributed by atoms with Gasteiger partial charge in [0.25, 0.3) is 0 Å². The van der Waals surface area contributed by atoms with Gasteiger partial charge in [-0.2, -0.15) is 5.26 Å². The molecule has 27 heavy (non-hydrogen) atoms. The molecule has 0 saturated heterocycles. The summed E-state index contributed by atoms with van der Waals surface area (Å²) in [6.07, 6.45) is 1.79. The van der Waals surface area contributed by atoms with Crippen LogP contribution >= 0.6 is 34.8 Å². The average molecular weight is 415 g/mol. The van der Waals surface area contributed by atoms with Crippen molar-refractivity contribution in [3.8, 4) is 11.8 Å². The topological polar surface area (TPSA) is 33.0 Å². The van der Waals surface area contributed by atoms with Gasteiger partial charge in [0.15, 0.2) is 0 Å². The monoisotopic (exact) mass is 413 g/mol. The van der Waals surface area contributed by atoms with Crippen LogP contribution < -0.4 is 4.74 Å². The van der Waals surface area contributed by atoms with Crippen molar-refractivity contribution in [2.24, 2.45) is 0 Å². The smallest absolute Gasteiger partial charge is 0.120 e. The standard InChI is InChI=1S/C22H14Cl3NO/c23-19-7-4-15(5-8-19)14-27-20-3-1-2-16(11-20)10-18(13-26)17-6-9-21(24)22(25)12-17/h1-12H,14H2/b18-10-. The second kappa shape index (κ2) is 8.97. The Kier molecular flexibility index (Phi) is 6.42. The van der Waals surface area contributed by atoms with E-state index < -0.39 is 0 Å². The Balaban J connectivity index is 1.79. The molecule has 2 nitrogen and oxygen atoms in total. The molecule has 3 aromatic rings. The molecular weight excluding hydrogens is 401 g/mol. The molecule has 0 saturated carbocycles. The lowest BCUT2D eigenvalue weighted by molar-refractivity contribution is 0.306. The number of allylic oxidation sites excluding steroid dienone is 1. The van der Waals surface area contributed by atoms with E-state index in [0.717, 1.165) is 11.1 Å². The summed E-state index contributed by atoms with van der Waals surface area (Å²) in [5.74, 6) is 0.713. The molecule has 0 fully saturated rings. The van der Waals surface area contributed by atoms with Gasteiger partial charge in [-0.25, -0.2) is 0 Å². The predicted molar refractivity (Wildman–Crippen MR) is 112 cm³/mol. The van der Waals surface area contributed by atoms with Crippen LogP contribution in [0.15, 0.2) is 66.7 Å². The molecule has 0 aliphatic carbocycles. The van der Waals surface area contributed by atoms with Gasteiger partial charge >= 0.3 is 0 Å². The van der Waals surface area contributed by atoms with Crippen molar-refractivity contribution in [2.45, 2.75) is 6.61 Å². The van der Waals surface area contributed by atoms with Gasteiger partial charge in [0.05, 0.1) is 21.7 Å². The molecule has 3 rings (SSSR count). The number of benzene rings is 3.